The molecule has 0 saturated carbocycles. The van der Waals surface area contributed by atoms with Crippen molar-refractivity contribution in [2.75, 3.05) is 5.32 Å². The SMILES string of the molecule is Cc1ccc(Cl)cc1NCc1ccc([N+](=O)[O-])cc1Cl. The number of non-ortho nitro benzene ring substituents is 1. The van der Waals surface area contributed by atoms with Crippen molar-refractivity contribution in [1.29, 1.82) is 0 Å². The van der Waals surface area contributed by atoms with Crippen LogP contribution in [0, 0.1) is 17.0 Å². The summed E-state index contributed by atoms with van der Waals surface area (Å²) in [6, 6.07) is 10.0. The third-order valence-corrected chi connectivity index (χ3v) is 3.50. The molecule has 0 aliphatic rings. The molecule has 0 spiro atoms. The van der Waals surface area contributed by atoms with Crippen LogP contribution in [0.15, 0.2) is 36.4 Å². The van der Waals surface area contributed by atoms with E-state index >= 15 is 0 Å². The first kappa shape index (κ1) is 14.6. The van der Waals surface area contributed by atoms with Crippen molar-refractivity contribution in [3.05, 3.63) is 67.7 Å². The summed E-state index contributed by atoms with van der Waals surface area (Å²) < 4.78 is 0. The Morgan fingerprint density at radius 3 is 2.60 bits per heavy atom. The fraction of sp³-hybridized carbons (Fsp3) is 0.143. The van der Waals surface area contributed by atoms with Crippen molar-refractivity contribution in [1.82, 2.24) is 0 Å². The van der Waals surface area contributed by atoms with Gasteiger partial charge in [-0.1, -0.05) is 29.3 Å². The molecule has 0 unspecified atom stereocenters. The molecule has 0 fully saturated rings. The van der Waals surface area contributed by atoms with Gasteiger partial charge >= 0.3 is 0 Å². The van der Waals surface area contributed by atoms with Crippen molar-refractivity contribution in [2.45, 2.75) is 13.5 Å². The molecule has 0 aliphatic carbocycles. The molecule has 2 aromatic rings. The minimum absolute atomic E-state index is 0.0160. The molecule has 104 valence electrons. The molecular formula is C14H12Cl2N2O2. The Hall–Kier alpha value is -1.78. The lowest BCUT2D eigenvalue weighted by molar-refractivity contribution is -0.384. The Kier molecular flexibility index (Phi) is 4.47. The van der Waals surface area contributed by atoms with E-state index in [1.165, 1.54) is 12.1 Å². The topological polar surface area (TPSA) is 55.2 Å². The zero-order valence-corrected chi connectivity index (χ0v) is 12.2. The van der Waals surface area contributed by atoms with Crippen LogP contribution >= 0.6 is 23.2 Å². The van der Waals surface area contributed by atoms with Crippen molar-refractivity contribution >= 4 is 34.6 Å². The maximum atomic E-state index is 10.6. The third kappa shape index (κ3) is 3.40. The van der Waals surface area contributed by atoms with Gasteiger partial charge in [-0.05, 0) is 36.2 Å². The molecule has 6 heteroatoms. The van der Waals surface area contributed by atoms with E-state index in [1.54, 1.807) is 6.07 Å². The van der Waals surface area contributed by atoms with Gasteiger partial charge in [-0.2, -0.15) is 0 Å². The average Bonchev–Trinajstić information content (AvgIpc) is 2.40. The van der Waals surface area contributed by atoms with E-state index in [0.29, 0.717) is 16.6 Å². The summed E-state index contributed by atoms with van der Waals surface area (Å²) in [5.74, 6) is 0. The predicted octanol–water partition coefficient (Wildman–Crippen LogP) is 4.82. The van der Waals surface area contributed by atoms with Crippen LogP contribution in [-0.4, -0.2) is 4.92 Å². The van der Waals surface area contributed by atoms with Crippen LogP contribution in [0.2, 0.25) is 10.0 Å². The summed E-state index contributed by atoms with van der Waals surface area (Å²) in [6.45, 7) is 2.44. The Morgan fingerprint density at radius 2 is 1.95 bits per heavy atom. The highest BCUT2D eigenvalue weighted by Crippen LogP contribution is 2.25. The quantitative estimate of drug-likeness (QED) is 0.650. The van der Waals surface area contributed by atoms with Gasteiger partial charge in [-0.3, -0.25) is 10.1 Å². The van der Waals surface area contributed by atoms with E-state index in [9.17, 15) is 10.1 Å². The molecular weight excluding hydrogens is 299 g/mol. The second-order valence-electron chi connectivity index (χ2n) is 4.35. The highest BCUT2D eigenvalue weighted by molar-refractivity contribution is 6.31. The maximum absolute atomic E-state index is 10.6. The van der Waals surface area contributed by atoms with Gasteiger partial charge in [-0.15, -0.1) is 0 Å². The summed E-state index contributed by atoms with van der Waals surface area (Å²) in [7, 11) is 0. The fourth-order valence-electron chi connectivity index (χ4n) is 1.77. The summed E-state index contributed by atoms with van der Waals surface area (Å²) in [5, 5.41) is 14.9. The standard InChI is InChI=1S/C14H12Cl2N2O2/c1-9-2-4-11(15)6-14(9)17-8-10-3-5-12(18(19)20)7-13(10)16/h2-7,17H,8H2,1H3. The molecule has 0 amide bonds. The lowest BCUT2D eigenvalue weighted by atomic mass is 10.1. The molecule has 0 aliphatic heterocycles. The van der Waals surface area contributed by atoms with Crippen molar-refractivity contribution in [3.8, 4) is 0 Å². The van der Waals surface area contributed by atoms with E-state index in [2.05, 4.69) is 5.32 Å². The van der Waals surface area contributed by atoms with Crippen LogP contribution in [0.25, 0.3) is 0 Å². The Bertz CT molecular complexity index is 660. The molecule has 0 radical (unpaired) electrons. The normalized spacial score (nSPS) is 10.3. The average molecular weight is 311 g/mol. The van der Waals surface area contributed by atoms with Crippen LogP contribution in [0.3, 0.4) is 0 Å². The number of nitrogens with one attached hydrogen (secondary N) is 1. The third-order valence-electron chi connectivity index (χ3n) is 2.92. The number of anilines is 1. The first-order valence-electron chi connectivity index (χ1n) is 5.90. The van der Waals surface area contributed by atoms with Crippen molar-refractivity contribution in [2.24, 2.45) is 0 Å². The first-order chi connectivity index (χ1) is 9.47. The van der Waals surface area contributed by atoms with Crippen LogP contribution in [-0.2, 0) is 6.54 Å². The number of nitrogens with zero attached hydrogens (tertiary/aromatic N) is 1. The van der Waals surface area contributed by atoms with Gasteiger partial charge in [-0.25, -0.2) is 0 Å². The van der Waals surface area contributed by atoms with Gasteiger partial charge in [0.15, 0.2) is 0 Å². The van der Waals surface area contributed by atoms with E-state index in [-0.39, 0.29) is 5.69 Å². The number of nitro groups is 1. The van der Waals surface area contributed by atoms with Gasteiger partial charge in [0.1, 0.15) is 0 Å². The zero-order valence-electron chi connectivity index (χ0n) is 10.7. The monoisotopic (exact) mass is 310 g/mol. The largest absolute Gasteiger partial charge is 0.381 e. The minimum Gasteiger partial charge on any atom is -0.381 e. The zero-order chi connectivity index (χ0) is 14.7. The highest BCUT2D eigenvalue weighted by atomic mass is 35.5. The highest BCUT2D eigenvalue weighted by Gasteiger charge is 2.09. The minimum atomic E-state index is -0.468. The van der Waals surface area contributed by atoms with E-state index in [1.807, 2.05) is 25.1 Å². The maximum Gasteiger partial charge on any atom is 0.270 e. The van der Waals surface area contributed by atoms with Crippen molar-refractivity contribution in [3.63, 3.8) is 0 Å². The molecule has 1 N–H and O–H groups in total. The molecule has 0 bridgehead atoms. The van der Waals surface area contributed by atoms with Crippen LogP contribution in [0.5, 0.6) is 0 Å². The van der Waals surface area contributed by atoms with Crippen LogP contribution in [0.4, 0.5) is 11.4 Å². The number of halogens is 2. The summed E-state index contributed by atoms with van der Waals surface area (Å²) in [6.07, 6.45) is 0. The van der Waals surface area contributed by atoms with Crippen molar-refractivity contribution < 1.29 is 4.92 Å². The molecule has 2 rings (SSSR count). The van der Waals surface area contributed by atoms with E-state index in [4.69, 9.17) is 23.2 Å². The molecule has 4 nitrogen and oxygen atoms in total. The number of hydrogen-bond acceptors (Lipinski definition) is 3. The van der Waals surface area contributed by atoms with Gasteiger partial charge < -0.3 is 5.32 Å². The lowest BCUT2D eigenvalue weighted by Crippen LogP contribution is -2.02. The summed E-state index contributed by atoms with van der Waals surface area (Å²) in [4.78, 5) is 10.2. The number of benzene rings is 2. The Balaban J connectivity index is 2.15. The number of aryl methyl sites for hydroxylation is 1. The Labute approximate surface area is 126 Å². The molecule has 2 aromatic carbocycles. The van der Waals surface area contributed by atoms with E-state index in [0.717, 1.165) is 16.8 Å². The van der Waals surface area contributed by atoms with E-state index < -0.39 is 4.92 Å². The fourth-order valence-corrected chi connectivity index (χ4v) is 2.18. The number of nitro benzene ring substituents is 1. The molecule has 0 saturated heterocycles. The smallest absolute Gasteiger partial charge is 0.270 e. The predicted molar refractivity (Wildman–Crippen MR) is 81.6 cm³/mol. The van der Waals surface area contributed by atoms with Gasteiger partial charge in [0.2, 0.25) is 0 Å². The molecule has 0 aromatic heterocycles. The van der Waals surface area contributed by atoms with Gasteiger partial charge in [0.05, 0.1) is 9.95 Å². The Morgan fingerprint density at radius 1 is 1.20 bits per heavy atom. The molecule has 0 heterocycles. The first-order valence-corrected chi connectivity index (χ1v) is 6.66. The second-order valence-corrected chi connectivity index (χ2v) is 5.19. The molecule has 20 heavy (non-hydrogen) atoms. The van der Waals surface area contributed by atoms with Crippen LogP contribution < -0.4 is 5.32 Å². The summed E-state index contributed by atoms with van der Waals surface area (Å²) >= 11 is 12.0. The van der Waals surface area contributed by atoms with Gasteiger partial charge in [0.25, 0.3) is 5.69 Å². The lowest BCUT2D eigenvalue weighted by Gasteiger charge is -2.11. The second kappa shape index (κ2) is 6.11. The number of hydrogen-bond donors (Lipinski definition) is 1. The molecule has 0 atom stereocenters. The number of rotatable bonds is 4. The van der Waals surface area contributed by atoms with Gasteiger partial charge in [0, 0.05) is 29.4 Å². The summed E-state index contributed by atoms with van der Waals surface area (Å²) in [5.41, 5.74) is 2.74. The van der Waals surface area contributed by atoms with Crippen LogP contribution in [0.1, 0.15) is 11.1 Å².